The first-order valence-electron chi connectivity index (χ1n) is 9.18. The van der Waals surface area contributed by atoms with Gasteiger partial charge >= 0.3 is 5.97 Å². The van der Waals surface area contributed by atoms with Crippen LogP contribution in [0.5, 0.6) is 0 Å². The number of nitrogens with zero attached hydrogens (tertiary/aromatic N) is 2. The Labute approximate surface area is 163 Å². The molecule has 0 atom stereocenters. The number of amides is 1. The van der Waals surface area contributed by atoms with Crippen LogP contribution in [0.15, 0.2) is 42.5 Å². The Morgan fingerprint density at radius 1 is 1.07 bits per heavy atom. The lowest BCUT2D eigenvalue weighted by atomic mass is 10.1. The standard InChI is InChI=1S/C21H24FN3O3/c1-15-3-8-19(22)18(13-15)21(27)23-16-4-6-17(7-5-16)25-11-9-24(10-12-25)14-20(26)28-2/h3-8,13H,9-12,14H2,1-2H3,(H,23,27). The van der Waals surface area contributed by atoms with Gasteiger partial charge in [0.25, 0.3) is 5.91 Å². The van der Waals surface area contributed by atoms with Gasteiger partial charge in [0.1, 0.15) is 5.82 Å². The zero-order valence-electron chi connectivity index (χ0n) is 16.1. The van der Waals surface area contributed by atoms with E-state index in [-0.39, 0.29) is 11.5 Å². The van der Waals surface area contributed by atoms with Crippen LogP contribution in [0.25, 0.3) is 0 Å². The Morgan fingerprint density at radius 2 is 1.75 bits per heavy atom. The maximum Gasteiger partial charge on any atom is 0.319 e. The van der Waals surface area contributed by atoms with Gasteiger partial charge in [0.05, 0.1) is 19.2 Å². The number of halogens is 1. The highest BCUT2D eigenvalue weighted by Crippen LogP contribution is 2.20. The van der Waals surface area contributed by atoms with Gasteiger partial charge < -0.3 is 15.0 Å². The van der Waals surface area contributed by atoms with Crippen molar-refractivity contribution in [3.05, 3.63) is 59.4 Å². The summed E-state index contributed by atoms with van der Waals surface area (Å²) in [5.74, 6) is -1.23. The predicted octanol–water partition coefficient (Wildman–Crippen LogP) is 2.68. The van der Waals surface area contributed by atoms with Gasteiger partial charge in [-0.1, -0.05) is 11.6 Å². The normalized spacial score (nSPS) is 14.6. The minimum absolute atomic E-state index is 0.0332. The van der Waals surface area contributed by atoms with E-state index in [2.05, 4.69) is 15.1 Å². The number of piperazine rings is 1. The Kier molecular flexibility index (Phi) is 6.26. The topological polar surface area (TPSA) is 61.9 Å². The molecule has 0 aromatic heterocycles. The average Bonchev–Trinajstić information content (AvgIpc) is 2.71. The summed E-state index contributed by atoms with van der Waals surface area (Å²) in [6.07, 6.45) is 0. The maximum absolute atomic E-state index is 13.9. The van der Waals surface area contributed by atoms with Crippen molar-refractivity contribution < 1.29 is 18.7 Å². The molecule has 0 radical (unpaired) electrons. The fourth-order valence-corrected chi connectivity index (χ4v) is 3.18. The lowest BCUT2D eigenvalue weighted by Crippen LogP contribution is -2.48. The third-order valence-corrected chi connectivity index (χ3v) is 4.81. The molecule has 0 aliphatic carbocycles. The minimum atomic E-state index is -0.537. The number of ether oxygens (including phenoxy) is 1. The number of anilines is 2. The summed E-state index contributed by atoms with van der Waals surface area (Å²) in [5.41, 5.74) is 2.51. The van der Waals surface area contributed by atoms with Crippen LogP contribution >= 0.6 is 0 Å². The average molecular weight is 385 g/mol. The summed E-state index contributed by atoms with van der Waals surface area (Å²) in [4.78, 5) is 28.0. The van der Waals surface area contributed by atoms with E-state index in [0.29, 0.717) is 12.2 Å². The second-order valence-electron chi connectivity index (χ2n) is 6.82. The van der Waals surface area contributed by atoms with E-state index in [0.717, 1.165) is 37.4 Å². The highest BCUT2D eigenvalue weighted by Gasteiger charge is 2.19. The van der Waals surface area contributed by atoms with E-state index in [4.69, 9.17) is 4.74 Å². The number of rotatable bonds is 5. The first-order valence-corrected chi connectivity index (χ1v) is 9.18. The molecule has 148 valence electrons. The Bertz CT molecular complexity index is 846. The molecule has 7 heteroatoms. The molecule has 0 spiro atoms. The first kappa shape index (κ1) is 19.8. The highest BCUT2D eigenvalue weighted by atomic mass is 19.1. The molecule has 0 saturated carbocycles. The molecule has 28 heavy (non-hydrogen) atoms. The molecule has 0 unspecified atom stereocenters. The van der Waals surface area contributed by atoms with Crippen LogP contribution in [-0.2, 0) is 9.53 Å². The Morgan fingerprint density at radius 3 is 2.39 bits per heavy atom. The van der Waals surface area contributed by atoms with Gasteiger partial charge in [-0.25, -0.2) is 4.39 Å². The van der Waals surface area contributed by atoms with Crippen LogP contribution in [0.2, 0.25) is 0 Å². The molecule has 6 nitrogen and oxygen atoms in total. The molecule has 1 aliphatic heterocycles. The van der Waals surface area contributed by atoms with Crippen molar-refractivity contribution in [1.82, 2.24) is 4.90 Å². The van der Waals surface area contributed by atoms with Crippen molar-refractivity contribution in [3.8, 4) is 0 Å². The second-order valence-corrected chi connectivity index (χ2v) is 6.82. The maximum atomic E-state index is 13.9. The fraction of sp³-hybridized carbons (Fsp3) is 0.333. The third kappa shape index (κ3) is 4.86. The molecule has 1 fully saturated rings. The van der Waals surface area contributed by atoms with E-state index in [1.54, 1.807) is 6.07 Å². The van der Waals surface area contributed by atoms with Crippen LogP contribution in [0.4, 0.5) is 15.8 Å². The van der Waals surface area contributed by atoms with E-state index in [1.807, 2.05) is 31.2 Å². The summed E-state index contributed by atoms with van der Waals surface area (Å²) in [5, 5.41) is 2.73. The number of carbonyl (C=O) groups excluding carboxylic acids is 2. The van der Waals surface area contributed by atoms with Crippen molar-refractivity contribution in [2.75, 3.05) is 50.1 Å². The van der Waals surface area contributed by atoms with Gasteiger partial charge in [-0.2, -0.15) is 0 Å². The number of hydrogen-bond donors (Lipinski definition) is 1. The largest absolute Gasteiger partial charge is 0.468 e. The monoisotopic (exact) mass is 385 g/mol. The van der Waals surface area contributed by atoms with Crippen molar-refractivity contribution >= 4 is 23.3 Å². The minimum Gasteiger partial charge on any atom is -0.468 e. The van der Waals surface area contributed by atoms with Gasteiger partial charge in [-0.05, 0) is 43.3 Å². The molecular weight excluding hydrogens is 361 g/mol. The lowest BCUT2D eigenvalue weighted by molar-refractivity contribution is -0.142. The van der Waals surface area contributed by atoms with Crippen molar-refractivity contribution in [3.63, 3.8) is 0 Å². The van der Waals surface area contributed by atoms with E-state index < -0.39 is 11.7 Å². The van der Waals surface area contributed by atoms with Gasteiger partial charge in [0, 0.05) is 37.6 Å². The van der Waals surface area contributed by atoms with Crippen LogP contribution in [0.1, 0.15) is 15.9 Å². The molecule has 2 aromatic rings. The molecule has 1 aliphatic rings. The van der Waals surface area contributed by atoms with Gasteiger partial charge in [-0.15, -0.1) is 0 Å². The zero-order valence-corrected chi connectivity index (χ0v) is 16.1. The van der Waals surface area contributed by atoms with Crippen molar-refractivity contribution in [1.29, 1.82) is 0 Å². The van der Waals surface area contributed by atoms with E-state index in [9.17, 15) is 14.0 Å². The smallest absolute Gasteiger partial charge is 0.319 e. The highest BCUT2D eigenvalue weighted by molar-refractivity contribution is 6.04. The number of nitrogens with one attached hydrogen (secondary N) is 1. The quantitative estimate of drug-likeness (QED) is 0.802. The molecular formula is C21H24FN3O3. The number of benzene rings is 2. The molecule has 3 rings (SSSR count). The summed E-state index contributed by atoms with van der Waals surface area (Å²) in [6.45, 7) is 5.29. The fourth-order valence-electron chi connectivity index (χ4n) is 3.18. The Balaban J connectivity index is 1.57. The molecule has 0 bridgehead atoms. The van der Waals surface area contributed by atoms with Crippen LogP contribution in [0.3, 0.4) is 0 Å². The second kappa shape index (κ2) is 8.84. The predicted molar refractivity (Wildman–Crippen MR) is 106 cm³/mol. The Hall–Kier alpha value is -2.93. The van der Waals surface area contributed by atoms with Gasteiger partial charge in [0.15, 0.2) is 0 Å². The van der Waals surface area contributed by atoms with Crippen molar-refractivity contribution in [2.45, 2.75) is 6.92 Å². The molecule has 1 saturated heterocycles. The van der Waals surface area contributed by atoms with Crippen LogP contribution < -0.4 is 10.2 Å². The summed E-state index contributed by atoms with van der Waals surface area (Å²) in [6, 6.07) is 11.9. The van der Waals surface area contributed by atoms with Gasteiger partial charge in [0.2, 0.25) is 0 Å². The number of esters is 1. The summed E-state index contributed by atoms with van der Waals surface area (Å²) < 4.78 is 18.6. The zero-order chi connectivity index (χ0) is 20.1. The SMILES string of the molecule is COC(=O)CN1CCN(c2ccc(NC(=O)c3cc(C)ccc3F)cc2)CC1. The number of aryl methyl sites for hydroxylation is 1. The molecule has 2 aromatic carbocycles. The number of carbonyl (C=O) groups is 2. The molecule has 1 heterocycles. The van der Waals surface area contributed by atoms with Crippen LogP contribution in [0, 0.1) is 12.7 Å². The van der Waals surface area contributed by atoms with Gasteiger partial charge in [-0.3, -0.25) is 14.5 Å². The third-order valence-electron chi connectivity index (χ3n) is 4.81. The molecule has 1 N–H and O–H groups in total. The number of methoxy groups -OCH3 is 1. The first-order chi connectivity index (χ1) is 13.5. The number of hydrogen-bond acceptors (Lipinski definition) is 5. The summed E-state index contributed by atoms with van der Waals surface area (Å²) >= 11 is 0. The summed E-state index contributed by atoms with van der Waals surface area (Å²) in [7, 11) is 1.40. The van der Waals surface area contributed by atoms with E-state index >= 15 is 0 Å². The van der Waals surface area contributed by atoms with E-state index in [1.165, 1.54) is 19.2 Å². The molecule has 1 amide bonds. The van der Waals surface area contributed by atoms with Crippen molar-refractivity contribution in [2.24, 2.45) is 0 Å². The lowest BCUT2D eigenvalue weighted by Gasteiger charge is -2.35. The van der Waals surface area contributed by atoms with Crippen LogP contribution in [-0.4, -0.2) is 56.6 Å².